The monoisotopic (exact) mass is 634 g/mol. The van der Waals surface area contributed by atoms with E-state index < -0.39 is 44.6 Å². The van der Waals surface area contributed by atoms with Gasteiger partial charge in [0.1, 0.15) is 5.82 Å². The Morgan fingerprint density at radius 3 is 2.40 bits per heavy atom. The number of thiazole rings is 1. The summed E-state index contributed by atoms with van der Waals surface area (Å²) in [5.74, 6) is -1.11. The van der Waals surface area contributed by atoms with Crippen molar-refractivity contribution in [3.05, 3.63) is 129 Å². The van der Waals surface area contributed by atoms with E-state index >= 15 is 0 Å². The first-order valence-corrected chi connectivity index (χ1v) is 14.1. The maximum absolute atomic E-state index is 13.8. The number of hydrogen-bond acceptors (Lipinski definition) is 11. The molecule has 1 aliphatic rings. The molecule has 0 unspecified atom stereocenters. The molecular formula is C30H23FN4O9S. The number of nitro groups is 2. The Morgan fingerprint density at radius 2 is 1.76 bits per heavy atom. The van der Waals surface area contributed by atoms with Gasteiger partial charge >= 0.3 is 11.7 Å². The molecule has 15 heteroatoms. The molecule has 0 fully saturated rings. The van der Waals surface area contributed by atoms with Crippen LogP contribution in [-0.4, -0.2) is 34.1 Å². The molecule has 3 aromatic carbocycles. The van der Waals surface area contributed by atoms with Crippen LogP contribution in [0.25, 0.3) is 6.08 Å². The van der Waals surface area contributed by atoms with Gasteiger partial charge in [-0.05, 0) is 61.4 Å². The average molecular weight is 635 g/mol. The maximum atomic E-state index is 13.8. The number of allylic oxidation sites excluding steroid dienone is 1. The van der Waals surface area contributed by atoms with Crippen molar-refractivity contribution < 1.29 is 33.2 Å². The molecule has 5 rings (SSSR count). The van der Waals surface area contributed by atoms with Gasteiger partial charge in [0, 0.05) is 6.07 Å². The van der Waals surface area contributed by atoms with Crippen LogP contribution in [0.2, 0.25) is 0 Å². The van der Waals surface area contributed by atoms with Crippen LogP contribution in [-0.2, 0) is 9.53 Å². The number of carbonyl (C=O) groups excluding carboxylic acids is 1. The first-order chi connectivity index (χ1) is 21.5. The first kappa shape index (κ1) is 30.7. The molecule has 4 aromatic rings. The number of benzene rings is 3. The quantitative estimate of drug-likeness (QED) is 0.146. The highest BCUT2D eigenvalue weighted by Crippen LogP contribution is 2.38. The Hall–Kier alpha value is -5.70. The van der Waals surface area contributed by atoms with Crippen LogP contribution >= 0.6 is 11.3 Å². The number of nitro benzene ring substituents is 2. The Labute approximate surface area is 257 Å². The zero-order chi connectivity index (χ0) is 32.4. The fourth-order valence-electron chi connectivity index (χ4n) is 4.73. The van der Waals surface area contributed by atoms with E-state index in [2.05, 4.69) is 4.99 Å². The van der Waals surface area contributed by atoms with Gasteiger partial charge in [-0.1, -0.05) is 29.5 Å². The minimum Gasteiger partial charge on any atom is -0.493 e. The largest absolute Gasteiger partial charge is 0.493 e. The predicted octanol–water partition coefficient (Wildman–Crippen LogP) is 4.55. The van der Waals surface area contributed by atoms with Crippen LogP contribution in [0, 0.1) is 26.0 Å². The maximum Gasteiger partial charge on any atom is 0.338 e. The van der Waals surface area contributed by atoms with Crippen molar-refractivity contribution in [2.45, 2.75) is 19.9 Å². The number of esters is 1. The lowest BCUT2D eigenvalue weighted by molar-refractivity contribution is -0.394. The number of methoxy groups -OCH3 is 1. The smallest absolute Gasteiger partial charge is 0.338 e. The van der Waals surface area contributed by atoms with E-state index in [1.807, 2.05) is 0 Å². The molecule has 0 radical (unpaired) electrons. The molecule has 2 heterocycles. The third-order valence-electron chi connectivity index (χ3n) is 6.76. The second kappa shape index (κ2) is 12.5. The molecule has 0 spiro atoms. The van der Waals surface area contributed by atoms with Gasteiger partial charge in [0.05, 0.1) is 51.5 Å². The van der Waals surface area contributed by atoms with Gasteiger partial charge in [-0.3, -0.25) is 29.6 Å². The van der Waals surface area contributed by atoms with Crippen molar-refractivity contribution in [3.8, 4) is 17.2 Å². The van der Waals surface area contributed by atoms with Crippen molar-refractivity contribution in [2.24, 2.45) is 4.99 Å². The molecule has 0 amide bonds. The fraction of sp³-hybridized carbons (Fsp3) is 0.167. The van der Waals surface area contributed by atoms with Gasteiger partial charge in [0.2, 0.25) is 5.75 Å². The summed E-state index contributed by atoms with van der Waals surface area (Å²) < 4.78 is 31.8. The van der Waals surface area contributed by atoms with Crippen LogP contribution in [0.1, 0.15) is 31.0 Å². The lowest BCUT2D eigenvalue weighted by Crippen LogP contribution is -2.39. The SMILES string of the molecule is CCOC(=O)C1=C(C)N=c2s/c(=C\c3ccc(Oc4ccc([N+](=O)[O-])cc4[N+](=O)[O-])c(OC)c3)c(=O)n2[C@@H]1c1ccc(F)cc1. The van der Waals surface area contributed by atoms with Gasteiger partial charge in [0.25, 0.3) is 11.2 Å². The number of fused-ring (bicyclic) bond motifs is 1. The molecule has 13 nitrogen and oxygen atoms in total. The average Bonchev–Trinajstić information content (AvgIpc) is 3.31. The van der Waals surface area contributed by atoms with Crippen LogP contribution < -0.4 is 24.4 Å². The number of aromatic nitrogens is 1. The highest BCUT2D eigenvalue weighted by Gasteiger charge is 2.33. The number of non-ortho nitro benzene ring substituents is 1. The van der Waals surface area contributed by atoms with Gasteiger partial charge < -0.3 is 14.2 Å². The van der Waals surface area contributed by atoms with E-state index in [4.69, 9.17) is 14.2 Å². The van der Waals surface area contributed by atoms with E-state index in [-0.39, 0.29) is 34.0 Å². The van der Waals surface area contributed by atoms with E-state index in [0.717, 1.165) is 29.5 Å². The molecular weight excluding hydrogens is 611 g/mol. The number of carbonyl (C=O) groups is 1. The molecule has 0 N–H and O–H groups in total. The summed E-state index contributed by atoms with van der Waals surface area (Å²) >= 11 is 1.08. The van der Waals surface area contributed by atoms with Gasteiger partial charge in [-0.25, -0.2) is 14.2 Å². The molecule has 1 atom stereocenters. The summed E-state index contributed by atoms with van der Waals surface area (Å²) in [4.78, 5) is 52.7. The lowest BCUT2D eigenvalue weighted by Gasteiger charge is -2.24. The molecule has 1 aromatic heterocycles. The summed E-state index contributed by atoms with van der Waals surface area (Å²) in [7, 11) is 1.35. The number of nitrogens with zero attached hydrogens (tertiary/aromatic N) is 4. The van der Waals surface area contributed by atoms with Crippen molar-refractivity contribution >= 4 is 34.8 Å². The highest BCUT2D eigenvalue weighted by atomic mass is 32.1. The zero-order valence-electron chi connectivity index (χ0n) is 23.9. The Kier molecular flexibility index (Phi) is 8.54. The molecule has 1 aliphatic heterocycles. The molecule has 45 heavy (non-hydrogen) atoms. The zero-order valence-corrected chi connectivity index (χ0v) is 24.7. The van der Waals surface area contributed by atoms with E-state index in [1.54, 1.807) is 26.0 Å². The summed E-state index contributed by atoms with van der Waals surface area (Å²) in [6.45, 7) is 3.40. The van der Waals surface area contributed by atoms with Crippen molar-refractivity contribution in [1.29, 1.82) is 0 Å². The summed E-state index contributed by atoms with van der Waals surface area (Å²) in [5, 5.41) is 22.6. The second-order valence-electron chi connectivity index (χ2n) is 9.53. The highest BCUT2D eigenvalue weighted by molar-refractivity contribution is 7.07. The Morgan fingerprint density at radius 1 is 1.04 bits per heavy atom. The minimum absolute atomic E-state index is 0.0825. The van der Waals surface area contributed by atoms with Gasteiger partial charge in [0.15, 0.2) is 16.3 Å². The van der Waals surface area contributed by atoms with Crippen LogP contribution in [0.3, 0.4) is 0 Å². The number of ether oxygens (including phenoxy) is 3. The molecule has 0 saturated heterocycles. The van der Waals surface area contributed by atoms with Gasteiger partial charge in [-0.2, -0.15) is 0 Å². The van der Waals surface area contributed by atoms with Crippen LogP contribution in [0.4, 0.5) is 15.8 Å². The van der Waals surface area contributed by atoms with Crippen molar-refractivity contribution in [1.82, 2.24) is 4.57 Å². The Balaban J connectivity index is 1.57. The van der Waals surface area contributed by atoms with E-state index in [0.29, 0.717) is 21.6 Å². The summed E-state index contributed by atoms with van der Waals surface area (Å²) in [6, 6.07) is 12.1. The topological polar surface area (TPSA) is 165 Å². The van der Waals surface area contributed by atoms with Crippen LogP contribution in [0.15, 0.2) is 81.7 Å². The molecule has 0 saturated carbocycles. The Bertz CT molecular complexity index is 2070. The third kappa shape index (κ3) is 6.05. The van der Waals surface area contributed by atoms with Gasteiger partial charge in [-0.15, -0.1) is 0 Å². The van der Waals surface area contributed by atoms with Crippen LogP contribution in [0.5, 0.6) is 17.2 Å². The lowest BCUT2D eigenvalue weighted by atomic mass is 9.96. The molecule has 0 aliphatic carbocycles. The standard InChI is InChI=1S/C30H23FN4O9S/c1-4-43-29(37)26-16(2)32-30-33(27(26)18-6-8-19(31)9-7-18)28(36)25(45-30)14-17-5-11-23(24(13-17)42-3)44-22-12-10-20(34(38)39)15-21(22)35(40)41/h5-15,27H,4H2,1-3H3/b25-14-/t27-/m1/s1. The molecule has 230 valence electrons. The number of halogens is 1. The predicted molar refractivity (Wildman–Crippen MR) is 160 cm³/mol. The summed E-state index contributed by atoms with van der Waals surface area (Å²) in [6.07, 6.45) is 1.58. The normalized spacial score (nSPS) is 14.4. The second-order valence-corrected chi connectivity index (χ2v) is 10.5. The van der Waals surface area contributed by atoms with E-state index in [9.17, 15) is 34.2 Å². The minimum atomic E-state index is -0.911. The number of hydrogen-bond donors (Lipinski definition) is 0. The summed E-state index contributed by atoms with van der Waals surface area (Å²) in [5.41, 5.74) is -0.0193. The van der Waals surface area contributed by atoms with Crippen molar-refractivity contribution in [2.75, 3.05) is 13.7 Å². The van der Waals surface area contributed by atoms with E-state index in [1.165, 1.54) is 48.1 Å². The number of rotatable bonds is 9. The third-order valence-corrected chi connectivity index (χ3v) is 7.74. The first-order valence-electron chi connectivity index (χ1n) is 13.3. The molecule has 0 bridgehead atoms. The fourth-order valence-corrected chi connectivity index (χ4v) is 5.78. The van der Waals surface area contributed by atoms with Crippen molar-refractivity contribution in [3.63, 3.8) is 0 Å².